The lowest BCUT2D eigenvalue weighted by Crippen LogP contribution is -2.49. The van der Waals surface area contributed by atoms with Gasteiger partial charge in [0.25, 0.3) is 5.91 Å². The fourth-order valence-electron chi connectivity index (χ4n) is 5.40. The second-order valence-electron chi connectivity index (χ2n) is 12.4. The summed E-state index contributed by atoms with van der Waals surface area (Å²) in [5.41, 5.74) is 2.94. The first kappa shape index (κ1) is 30.6. The average Bonchev–Trinajstić information content (AvgIpc) is 3.49. The van der Waals surface area contributed by atoms with E-state index in [0.717, 1.165) is 17.0 Å². The van der Waals surface area contributed by atoms with Gasteiger partial charge in [-0.25, -0.2) is 9.59 Å². The zero-order valence-electron chi connectivity index (χ0n) is 25.7. The molecule has 1 fully saturated rings. The summed E-state index contributed by atoms with van der Waals surface area (Å²) in [6, 6.07) is 14.2. The molecular formula is C31H39N9O4. The van der Waals surface area contributed by atoms with Crippen LogP contribution < -0.4 is 15.5 Å². The van der Waals surface area contributed by atoms with Crippen molar-refractivity contribution in [2.45, 2.75) is 59.2 Å². The number of H-pyrrole nitrogens is 1. The Morgan fingerprint density at radius 1 is 1.09 bits per heavy atom. The number of carbonyl (C=O) groups is 3. The van der Waals surface area contributed by atoms with Gasteiger partial charge in [0.05, 0.1) is 11.4 Å². The zero-order chi connectivity index (χ0) is 31.4. The Morgan fingerprint density at radius 3 is 2.52 bits per heavy atom. The minimum Gasteiger partial charge on any atom is -0.444 e. The van der Waals surface area contributed by atoms with Crippen molar-refractivity contribution in [2.75, 3.05) is 29.9 Å². The van der Waals surface area contributed by atoms with Crippen LogP contribution in [0.1, 0.15) is 53.0 Å². The predicted molar refractivity (Wildman–Crippen MR) is 166 cm³/mol. The van der Waals surface area contributed by atoms with Crippen molar-refractivity contribution < 1.29 is 19.1 Å². The fourth-order valence-corrected chi connectivity index (χ4v) is 5.40. The maximum atomic E-state index is 14.0. The number of hydrogen-bond donors (Lipinski definition) is 3. The van der Waals surface area contributed by atoms with E-state index in [0.29, 0.717) is 49.6 Å². The third-order valence-electron chi connectivity index (χ3n) is 7.31. The SMILES string of the molecule is CC(C)CN1C(=O)C(NC(=O)Nc2cccc(-c3nn[nH]n3)c2)N=C(C2CCN(C(=O)OC(C)(C)C)CC2)c2ccccc21. The number of nitrogens with one attached hydrogen (secondary N) is 3. The molecule has 1 atom stereocenters. The number of aromatic nitrogens is 4. The second-order valence-corrected chi connectivity index (χ2v) is 12.4. The largest absolute Gasteiger partial charge is 0.444 e. The summed E-state index contributed by atoms with van der Waals surface area (Å²) in [6.45, 7) is 11.1. The van der Waals surface area contributed by atoms with Crippen molar-refractivity contribution in [1.29, 1.82) is 0 Å². The van der Waals surface area contributed by atoms with Crippen LogP contribution in [0.4, 0.5) is 21.0 Å². The summed E-state index contributed by atoms with van der Waals surface area (Å²) >= 11 is 0. The number of likely N-dealkylation sites (tertiary alicyclic amines) is 1. The van der Waals surface area contributed by atoms with Crippen LogP contribution in [0, 0.1) is 11.8 Å². The Kier molecular flexibility index (Phi) is 8.93. The topological polar surface area (TPSA) is 158 Å². The summed E-state index contributed by atoms with van der Waals surface area (Å²) in [5.74, 6) is 0.221. The minimum atomic E-state index is -1.15. The Labute approximate surface area is 256 Å². The van der Waals surface area contributed by atoms with E-state index in [9.17, 15) is 14.4 Å². The summed E-state index contributed by atoms with van der Waals surface area (Å²) in [4.78, 5) is 48.4. The maximum Gasteiger partial charge on any atom is 0.410 e. The third-order valence-corrected chi connectivity index (χ3v) is 7.31. The minimum absolute atomic E-state index is 0.0272. The molecule has 1 aromatic heterocycles. The Bertz CT molecular complexity index is 1520. The van der Waals surface area contributed by atoms with Gasteiger partial charge in [-0.15, -0.1) is 10.2 Å². The second kappa shape index (κ2) is 12.8. The van der Waals surface area contributed by atoms with Crippen molar-refractivity contribution in [1.82, 2.24) is 30.8 Å². The molecule has 4 amide bonds. The Balaban J connectivity index is 1.40. The lowest BCUT2D eigenvalue weighted by molar-refractivity contribution is -0.120. The van der Waals surface area contributed by atoms with Crippen molar-refractivity contribution in [3.63, 3.8) is 0 Å². The average molecular weight is 602 g/mol. The van der Waals surface area contributed by atoms with Crippen LogP contribution in [-0.2, 0) is 9.53 Å². The molecule has 0 aliphatic carbocycles. The number of piperidine rings is 1. The number of urea groups is 1. The summed E-state index contributed by atoms with van der Waals surface area (Å²) in [7, 11) is 0. The maximum absolute atomic E-state index is 14.0. The normalized spacial score (nSPS) is 17.5. The number of anilines is 2. The van der Waals surface area contributed by atoms with E-state index < -0.39 is 17.8 Å². The first-order chi connectivity index (χ1) is 21.0. The van der Waals surface area contributed by atoms with Crippen LogP contribution in [0.2, 0.25) is 0 Å². The number of fused-ring (bicyclic) bond motifs is 1. The molecule has 2 aromatic carbocycles. The summed E-state index contributed by atoms with van der Waals surface area (Å²) < 4.78 is 5.58. The molecule has 0 saturated carbocycles. The first-order valence-corrected chi connectivity index (χ1v) is 14.9. The number of benzene rings is 2. The lowest BCUT2D eigenvalue weighted by Gasteiger charge is -2.34. The molecule has 2 aliphatic rings. The smallest absolute Gasteiger partial charge is 0.410 e. The highest BCUT2D eigenvalue weighted by Crippen LogP contribution is 2.32. The standard InChI is InChI=1S/C31H39N9O4/c1-19(2)18-40-24-12-7-6-11-23(24)25(20-13-15-39(16-14-20)30(43)44-31(3,4)5)33-27(28(40)41)34-29(42)32-22-10-8-9-21(17-22)26-35-37-38-36-26/h6-12,17,19-20,27H,13-16,18H2,1-5H3,(H2,32,34,42)(H,35,36,37,38). The highest BCUT2D eigenvalue weighted by molar-refractivity contribution is 6.14. The molecular weight excluding hydrogens is 562 g/mol. The molecule has 1 saturated heterocycles. The zero-order valence-corrected chi connectivity index (χ0v) is 25.7. The lowest BCUT2D eigenvalue weighted by atomic mass is 9.87. The van der Waals surface area contributed by atoms with Crippen LogP contribution in [0.3, 0.4) is 0 Å². The van der Waals surface area contributed by atoms with E-state index in [1.165, 1.54) is 0 Å². The van der Waals surface area contributed by atoms with Gasteiger partial charge in [0, 0.05) is 42.4 Å². The van der Waals surface area contributed by atoms with E-state index in [1.54, 1.807) is 34.1 Å². The molecule has 3 N–H and O–H groups in total. The van der Waals surface area contributed by atoms with Gasteiger partial charge in [0.2, 0.25) is 12.0 Å². The number of aromatic amines is 1. The molecule has 13 heteroatoms. The van der Waals surface area contributed by atoms with Crippen LogP contribution in [0.25, 0.3) is 11.4 Å². The number of amides is 4. The van der Waals surface area contributed by atoms with E-state index in [4.69, 9.17) is 9.73 Å². The van der Waals surface area contributed by atoms with Gasteiger partial charge in [-0.1, -0.05) is 44.2 Å². The number of ether oxygens (including phenoxy) is 1. The molecule has 3 heterocycles. The monoisotopic (exact) mass is 601 g/mol. The van der Waals surface area contributed by atoms with Crippen molar-refractivity contribution >= 4 is 35.1 Å². The fraction of sp³-hybridized carbons (Fsp3) is 0.452. The number of benzodiazepines with no additional fused rings is 1. The van der Waals surface area contributed by atoms with Gasteiger partial charge >= 0.3 is 12.1 Å². The van der Waals surface area contributed by atoms with Gasteiger partial charge in [0.1, 0.15) is 5.60 Å². The number of rotatable bonds is 6. The van der Waals surface area contributed by atoms with Crippen molar-refractivity contribution in [3.8, 4) is 11.4 Å². The van der Waals surface area contributed by atoms with Gasteiger partial charge in [-0.3, -0.25) is 9.79 Å². The number of tetrazole rings is 1. The Morgan fingerprint density at radius 2 is 1.84 bits per heavy atom. The van der Waals surface area contributed by atoms with Crippen LogP contribution in [0.15, 0.2) is 53.5 Å². The first-order valence-electron chi connectivity index (χ1n) is 14.9. The van der Waals surface area contributed by atoms with Crippen LogP contribution >= 0.6 is 0 Å². The number of hydrogen-bond acceptors (Lipinski definition) is 8. The molecule has 3 aromatic rings. The predicted octanol–water partition coefficient (Wildman–Crippen LogP) is 4.45. The molecule has 2 aliphatic heterocycles. The molecule has 13 nitrogen and oxygen atoms in total. The van der Waals surface area contributed by atoms with Gasteiger partial charge in [-0.05, 0) is 62.9 Å². The van der Waals surface area contributed by atoms with E-state index >= 15 is 0 Å². The number of aliphatic imine (C=N–C) groups is 1. The number of para-hydroxylation sites is 1. The highest BCUT2D eigenvalue weighted by Gasteiger charge is 2.37. The molecule has 232 valence electrons. The van der Waals surface area contributed by atoms with Crippen molar-refractivity contribution in [2.24, 2.45) is 16.8 Å². The van der Waals surface area contributed by atoms with E-state index in [2.05, 4.69) is 31.3 Å². The summed E-state index contributed by atoms with van der Waals surface area (Å²) in [6.07, 6.45) is -0.198. The number of carbonyl (C=O) groups excluding carboxylic acids is 3. The van der Waals surface area contributed by atoms with E-state index in [1.807, 2.05) is 58.9 Å². The van der Waals surface area contributed by atoms with Gasteiger partial charge < -0.3 is 25.2 Å². The van der Waals surface area contributed by atoms with Gasteiger partial charge in [0.15, 0.2) is 0 Å². The number of nitrogens with zero attached hydrogens (tertiary/aromatic N) is 6. The summed E-state index contributed by atoms with van der Waals surface area (Å²) in [5, 5.41) is 19.6. The van der Waals surface area contributed by atoms with Crippen LogP contribution in [-0.4, -0.2) is 80.7 Å². The molecule has 0 radical (unpaired) electrons. The molecule has 44 heavy (non-hydrogen) atoms. The quantitative estimate of drug-likeness (QED) is 0.377. The molecule has 0 spiro atoms. The van der Waals surface area contributed by atoms with Crippen LogP contribution in [0.5, 0.6) is 0 Å². The third kappa shape index (κ3) is 7.21. The molecule has 1 unspecified atom stereocenters. The Hall–Kier alpha value is -4.81. The molecule has 0 bridgehead atoms. The highest BCUT2D eigenvalue weighted by atomic mass is 16.6. The van der Waals surface area contributed by atoms with Crippen molar-refractivity contribution in [3.05, 3.63) is 54.1 Å². The van der Waals surface area contributed by atoms with Gasteiger partial charge in [-0.2, -0.15) is 5.21 Å². The molecule has 5 rings (SSSR count). The van der Waals surface area contributed by atoms with E-state index in [-0.39, 0.29) is 23.8 Å².